The Morgan fingerprint density at radius 1 is 1.38 bits per heavy atom. The number of hydrogen-bond donors (Lipinski definition) is 0. The average Bonchev–Trinajstić information content (AvgIpc) is 2.46. The summed E-state index contributed by atoms with van der Waals surface area (Å²) in [5.41, 5.74) is 1.11. The lowest BCUT2D eigenvalue weighted by Crippen LogP contribution is -2.26. The molecule has 0 saturated carbocycles. The van der Waals surface area contributed by atoms with E-state index >= 15 is 0 Å². The Hall–Kier alpha value is -1.55. The predicted molar refractivity (Wildman–Crippen MR) is 80.3 cm³/mol. The van der Waals surface area contributed by atoms with Crippen LogP contribution in [-0.4, -0.2) is 25.3 Å². The average molecular weight is 292 g/mol. The van der Waals surface area contributed by atoms with E-state index in [-0.39, 0.29) is 24.3 Å². The van der Waals surface area contributed by atoms with Crippen LogP contribution in [0.4, 0.5) is 0 Å². The summed E-state index contributed by atoms with van der Waals surface area (Å²) in [6.07, 6.45) is 3.18. The van der Waals surface area contributed by atoms with Crippen molar-refractivity contribution in [3.63, 3.8) is 0 Å². The van der Waals surface area contributed by atoms with Crippen LogP contribution in [0.15, 0.2) is 24.3 Å². The molecule has 0 spiro atoms. The molecule has 2 atom stereocenters. The predicted octanol–water partition coefficient (Wildman–Crippen LogP) is 3.65. The van der Waals surface area contributed by atoms with Crippen molar-refractivity contribution in [2.45, 2.75) is 57.8 Å². The van der Waals surface area contributed by atoms with Gasteiger partial charge in [0.05, 0.1) is 31.8 Å². The number of esters is 1. The number of hydrogen-bond acceptors (Lipinski definition) is 4. The van der Waals surface area contributed by atoms with Gasteiger partial charge in [0.2, 0.25) is 0 Å². The molecule has 0 aliphatic carbocycles. The van der Waals surface area contributed by atoms with Gasteiger partial charge in [-0.05, 0) is 50.8 Å². The van der Waals surface area contributed by atoms with E-state index in [0.29, 0.717) is 6.42 Å². The minimum Gasteiger partial charge on any atom is -0.497 e. The highest BCUT2D eigenvalue weighted by Gasteiger charge is 2.26. The molecule has 1 aliphatic heterocycles. The number of ether oxygens (including phenoxy) is 3. The molecule has 0 N–H and O–H groups in total. The summed E-state index contributed by atoms with van der Waals surface area (Å²) in [7, 11) is 1.66. The summed E-state index contributed by atoms with van der Waals surface area (Å²) in [5.74, 6) is 0.652. The third-order valence-corrected chi connectivity index (χ3v) is 3.58. The van der Waals surface area contributed by atoms with Gasteiger partial charge in [0.15, 0.2) is 0 Å². The Balaban J connectivity index is 1.95. The topological polar surface area (TPSA) is 44.8 Å². The van der Waals surface area contributed by atoms with Crippen molar-refractivity contribution in [3.05, 3.63) is 29.8 Å². The maximum absolute atomic E-state index is 11.7. The summed E-state index contributed by atoms with van der Waals surface area (Å²) < 4.78 is 16.5. The van der Waals surface area contributed by atoms with Crippen molar-refractivity contribution in [1.29, 1.82) is 0 Å². The number of carbonyl (C=O) groups is 1. The second-order valence-electron chi connectivity index (χ2n) is 5.70. The zero-order valence-electron chi connectivity index (χ0n) is 13.0. The van der Waals surface area contributed by atoms with Gasteiger partial charge in [-0.25, -0.2) is 0 Å². The second-order valence-corrected chi connectivity index (χ2v) is 5.70. The third-order valence-electron chi connectivity index (χ3n) is 3.58. The molecule has 1 aromatic rings. The summed E-state index contributed by atoms with van der Waals surface area (Å²) in [5, 5.41) is 0. The highest BCUT2D eigenvalue weighted by molar-refractivity contribution is 5.70. The molecule has 1 saturated heterocycles. The van der Waals surface area contributed by atoms with E-state index in [1.807, 2.05) is 38.1 Å². The van der Waals surface area contributed by atoms with Crippen LogP contribution >= 0.6 is 0 Å². The first-order chi connectivity index (χ1) is 10.1. The zero-order valence-corrected chi connectivity index (χ0v) is 13.0. The fourth-order valence-electron chi connectivity index (χ4n) is 2.63. The molecule has 1 aliphatic rings. The second kappa shape index (κ2) is 7.46. The van der Waals surface area contributed by atoms with Gasteiger partial charge >= 0.3 is 5.97 Å². The fourth-order valence-corrected chi connectivity index (χ4v) is 2.63. The van der Waals surface area contributed by atoms with Crippen LogP contribution in [0.2, 0.25) is 0 Å². The molecule has 0 unspecified atom stereocenters. The number of carbonyl (C=O) groups excluding carboxylic acids is 1. The molecular weight excluding hydrogens is 268 g/mol. The van der Waals surface area contributed by atoms with Crippen LogP contribution in [0.5, 0.6) is 5.75 Å². The molecule has 4 nitrogen and oxygen atoms in total. The van der Waals surface area contributed by atoms with Gasteiger partial charge in [0.25, 0.3) is 0 Å². The van der Waals surface area contributed by atoms with Crippen LogP contribution in [0, 0.1) is 0 Å². The Morgan fingerprint density at radius 2 is 2.19 bits per heavy atom. The number of methoxy groups -OCH3 is 1. The highest BCUT2D eigenvalue weighted by atomic mass is 16.5. The van der Waals surface area contributed by atoms with Crippen LogP contribution in [0.25, 0.3) is 0 Å². The van der Waals surface area contributed by atoms with Crippen LogP contribution < -0.4 is 4.74 Å². The van der Waals surface area contributed by atoms with Crippen LogP contribution in [0.1, 0.15) is 51.2 Å². The van der Waals surface area contributed by atoms with E-state index in [1.165, 1.54) is 0 Å². The molecule has 4 heteroatoms. The lowest BCUT2D eigenvalue weighted by molar-refractivity contribution is -0.153. The molecule has 1 aromatic carbocycles. The molecule has 21 heavy (non-hydrogen) atoms. The first kappa shape index (κ1) is 15.8. The summed E-state index contributed by atoms with van der Waals surface area (Å²) >= 11 is 0. The molecule has 116 valence electrons. The minimum absolute atomic E-state index is 0.0331. The minimum atomic E-state index is -0.179. The standard InChI is InChI=1S/C17H24O4/c1-12(2)20-17(18)11-15-8-5-9-16(21-15)13-6-4-7-14(10-13)19-3/h4,6-7,10,12,15-16H,5,8-9,11H2,1-3H3/t15-,16+/m0/s1. The molecule has 2 rings (SSSR count). The Morgan fingerprint density at radius 3 is 2.90 bits per heavy atom. The maximum atomic E-state index is 11.7. The maximum Gasteiger partial charge on any atom is 0.308 e. The van der Waals surface area contributed by atoms with Gasteiger partial charge in [0, 0.05) is 0 Å². The van der Waals surface area contributed by atoms with Gasteiger partial charge in [-0.15, -0.1) is 0 Å². The van der Waals surface area contributed by atoms with Gasteiger partial charge in [-0.3, -0.25) is 4.79 Å². The molecular formula is C17H24O4. The lowest BCUT2D eigenvalue weighted by Gasteiger charge is -2.30. The zero-order chi connectivity index (χ0) is 15.2. The van der Waals surface area contributed by atoms with Crippen molar-refractivity contribution in [1.82, 2.24) is 0 Å². The Kier molecular flexibility index (Phi) is 5.62. The van der Waals surface area contributed by atoms with Crippen molar-refractivity contribution < 1.29 is 19.0 Å². The normalized spacial score (nSPS) is 22.1. The fraction of sp³-hybridized carbons (Fsp3) is 0.588. The number of rotatable bonds is 5. The van der Waals surface area contributed by atoms with E-state index in [1.54, 1.807) is 7.11 Å². The molecule has 1 heterocycles. The molecule has 0 aromatic heterocycles. The van der Waals surface area contributed by atoms with E-state index in [2.05, 4.69) is 0 Å². The molecule has 1 fully saturated rings. The van der Waals surface area contributed by atoms with E-state index in [9.17, 15) is 4.79 Å². The van der Waals surface area contributed by atoms with E-state index in [4.69, 9.17) is 14.2 Å². The van der Waals surface area contributed by atoms with Crippen molar-refractivity contribution in [2.75, 3.05) is 7.11 Å². The quantitative estimate of drug-likeness (QED) is 0.777. The summed E-state index contributed by atoms with van der Waals surface area (Å²) in [6.45, 7) is 3.72. The van der Waals surface area contributed by atoms with E-state index < -0.39 is 0 Å². The van der Waals surface area contributed by atoms with E-state index in [0.717, 1.165) is 30.6 Å². The molecule has 0 bridgehead atoms. The first-order valence-corrected chi connectivity index (χ1v) is 7.57. The van der Waals surface area contributed by atoms with Crippen LogP contribution in [0.3, 0.4) is 0 Å². The number of benzene rings is 1. The van der Waals surface area contributed by atoms with Gasteiger partial charge in [-0.1, -0.05) is 12.1 Å². The van der Waals surface area contributed by atoms with Gasteiger partial charge in [0.1, 0.15) is 5.75 Å². The first-order valence-electron chi connectivity index (χ1n) is 7.57. The lowest BCUT2D eigenvalue weighted by atomic mass is 9.97. The van der Waals surface area contributed by atoms with Crippen molar-refractivity contribution in [3.8, 4) is 5.75 Å². The van der Waals surface area contributed by atoms with Crippen molar-refractivity contribution >= 4 is 5.97 Å². The Labute approximate surface area is 126 Å². The van der Waals surface area contributed by atoms with Gasteiger partial charge in [-0.2, -0.15) is 0 Å². The monoisotopic (exact) mass is 292 g/mol. The van der Waals surface area contributed by atoms with Crippen molar-refractivity contribution in [2.24, 2.45) is 0 Å². The van der Waals surface area contributed by atoms with Gasteiger partial charge < -0.3 is 14.2 Å². The summed E-state index contributed by atoms with van der Waals surface area (Å²) in [6, 6.07) is 7.93. The molecule has 0 amide bonds. The third kappa shape index (κ3) is 4.74. The highest BCUT2D eigenvalue weighted by Crippen LogP contribution is 2.33. The molecule has 0 radical (unpaired) electrons. The van der Waals surface area contributed by atoms with Crippen LogP contribution in [-0.2, 0) is 14.3 Å². The SMILES string of the molecule is COc1cccc([C@H]2CCC[C@@H](CC(=O)OC(C)C)O2)c1. The largest absolute Gasteiger partial charge is 0.497 e. The smallest absolute Gasteiger partial charge is 0.308 e. The summed E-state index contributed by atoms with van der Waals surface area (Å²) in [4.78, 5) is 11.7. The Bertz CT molecular complexity index is 470.